The third kappa shape index (κ3) is 4.74. The van der Waals surface area contributed by atoms with Gasteiger partial charge < -0.3 is 20.1 Å². The highest BCUT2D eigenvalue weighted by Crippen LogP contribution is 2.40. The molecule has 0 radical (unpaired) electrons. The number of aromatic nitrogens is 2. The van der Waals surface area contributed by atoms with Crippen molar-refractivity contribution in [2.24, 2.45) is 0 Å². The van der Waals surface area contributed by atoms with Gasteiger partial charge in [-0.1, -0.05) is 53.7 Å². The maximum Gasteiger partial charge on any atom is 0.204 e. The minimum Gasteiger partial charge on any atom is -0.507 e. The number of aliphatic hydroxyl groups is 1. The van der Waals surface area contributed by atoms with Crippen molar-refractivity contribution in [3.8, 4) is 5.75 Å². The maximum absolute atomic E-state index is 13.4. The number of carbonyl (C=O) groups is 1. The van der Waals surface area contributed by atoms with Gasteiger partial charge in [0.2, 0.25) is 5.95 Å². The van der Waals surface area contributed by atoms with Crippen LogP contribution in [0.15, 0.2) is 36.4 Å². The molecule has 0 aliphatic heterocycles. The number of phenolic OH excluding ortho intramolecular Hbond substituents is 1. The Balaban J connectivity index is 2.08. The Morgan fingerprint density at radius 3 is 2.16 bits per heavy atom. The molecule has 3 rings (SSSR count). The molecule has 31 heavy (non-hydrogen) atoms. The van der Waals surface area contributed by atoms with Gasteiger partial charge in [-0.2, -0.15) is 0 Å². The molecule has 6 heteroatoms. The summed E-state index contributed by atoms with van der Waals surface area (Å²) < 4.78 is 1.84. The number of nitrogens with one attached hydrogen (secondary N) is 1. The summed E-state index contributed by atoms with van der Waals surface area (Å²) >= 11 is 0. The number of imidazole rings is 1. The minimum absolute atomic E-state index is 0.0288. The van der Waals surface area contributed by atoms with Crippen molar-refractivity contribution in [2.75, 3.05) is 18.5 Å². The van der Waals surface area contributed by atoms with Gasteiger partial charge in [-0.25, -0.2) is 4.98 Å². The van der Waals surface area contributed by atoms with Gasteiger partial charge >= 0.3 is 0 Å². The number of nitrogens with zero attached hydrogens (tertiary/aromatic N) is 2. The van der Waals surface area contributed by atoms with Gasteiger partial charge in [0, 0.05) is 23.2 Å². The highest BCUT2D eigenvalue weighted by molar-refractivity contribution is 5.98. The molecule has 0 spiro atoms. The van der Waals surface area contributed by atoms with Crippen molar-refractivity contribution in [1.29, 1.82) is 0 Å². The number of anilines is 1. The van der Waals surface area contributed by atoms with E-state index in [4.69, 9.17) is 0 Å². The number of aliphatic hydroxyl groups excluding tert-OH is 1. The third-order valence-electron chi connectivity index (χ3n) is 5.40. The molecule has 0 bridgehead atoms. The molecular formula is C25H33N3O3. The van der Waals surface area contributed by atoms with E-state index in [-0.39, 0.29) is 35.5 Å². The van der Waals surface area contributed by atoms with Crippen LogP contribution < -0.4 is 5.32 Å². The van der Waals surface area contributed by atoms with E-state index in [9.17, 15) is 15.0 Å². The Bertz CT molecular complexity index is 1070. The fourth-order valence-electron chi connectivity index (χ4n) is 3.71. The molecule has 0 amide bonds. The van der Waals surface area contributed by atoms with Gasteiger partial charge in [-0.15, -0.1) is 0 Å². The summed E-state index contributed by atoms with van der Waals surface area (Å²) in [6.45, 7) is 12.6. The number of carbonyl (C=O) groups excluding carboxylic acids is 1. The molecule has 0 saturated heterocycles. The standard InChI is InChI=1S/C25H33N3O3/c1-24(2,3)17-13-16(14-18(22(17)31)25(4,5)6)21(30)15-28-20-10-8-7-9-19(20)27-23(28)26-11-12-29/h7-10,13-14,29,31H,11-12,15H2,1-6H3,(H,26,27). The number of hydrogen-bond acceptors (Lipinski definition) is 5. The number of phenols is 1. The Labute approximate surface area is 183 Å². The lowest BCUT2D eigenvalue weighted by atomic mass is 9.78. The molecule has 3 N–H and O–H groups in total. The molecule has 1 heterocycles. The van der Waals surface area contributed by atoms with Crippen LogP contribution in [-0.2, 0) is 17.4 Å². The van der Waals surface area contributed by atoms with Crippen molar-refractivity contribution in [3.05, 3.63) is 53.1 Å². The lowest BCUT2D eigenvalue weighted by Crippen LogP contribution is -2.20. The molecule has 0 atom stereocenters. The van der Waals surface area contributed by atoms with Crippen molar-refractivity contribution in [1.82, 2.24) is 9.55 Å². The topological polar surface area (TPSA) is 87.4 Å². The molecular weight excluding hydrogens is 390 g/mol. The van der Waals surface area contributed by atoms with Crippen LogP contribution in [0.1, 0.15) is 63.0 Å². The van der Waals surface area contributed by atoms with E-state index in [1.807, 2.05) is 82.5 Å². The third-order valence-corrected chi connectivity index (χ3v) is 5.40. The summed E-state index contributed by atoms with van der Waals surface area (Å²) in [6, 6.07) is 11.3. The van der Waals surface area contributed by atoms with Crippen molar-refractivity contribution in [3.63, 3.8) is 0 Å². The van der Waals surface area contributed by atoms with Crippen molar-refractivity contribution >= 4 is 22.8 Å². The van der Waals surface area contributed by atoms with Crippen LogP contribution in [-0.4, -0.2) is 38.7 Å². The molecule has 6 nitrogen and oxygen atoms in total. The smallest absolute Gasteiger partial charge is 0.204 e. The average molecular weight is 424 g/mol. The molecule has 0 saturated carbocycles. The number of para-hydroxylation sites is 2. The van der Waals surface area contributed by atoms with Gasteiger partial charge in [0.15, 0.2) is 5.78 Å². The predicted octanol–water partition coefficient (Wildman–Crippen LogP) is 4.62. The Morgan fingerprint density at radius 2 is 1.61 bits per heavy atom. The van der Waals surface area contributed by atoms with Gasteiger partial charge in [0.1, 0.15) is 5.75 Å². The van der Waals surface area contributed by atoms with Crippen molar-refractivity contribution < 1.29 is 15.0 Å². The molecule has 166 valence electrons. The Kier molecular flexibility index (Phi) is 6.14. The van der Waals surface area contributed by atoms with Crippen molar-refractivity contribution in [2.45, 2.75) is 58.9 Å². The van der Waals surface area contributed by atoms with Crippen LogP contribution in [0.25, 0.3) is 11.0 Å². The second-order valence-electron chi connectivity index (χ2n) is 10.0. The van der Waals surface area contributed by atoms with E-state index in [2.05, 4.69) is 10.3 Å². The molecule has 0 fully saturated rings. The van der Waals surface area contributed by atoms with E-state index in [0.29, 0.717) is 18.1 Å². The molecule has 0 aliphatic rings. The zero-order valence-corrected chi connectivity index (χ0v) is 19.3. The Hall–Kier alpha value is -2.86. The quantitative estimate of drug-likeness (QED) is 0.504. The normalized spacial score (nSPS) is 12.4. The molecule has 0 aliphatic carbocycles. The summed E-state index contributed by atoms with van der Waals surface area (Å²) in [5.74, 6) is 0.746. The summed E-state index contributed by atoms with van der Waals surface area (Å²) in [5.41, 5.74) is 3.11. The van der Waals surface area contributed by atoms with Crippen LogP contribution in [0.4, 0.5) is 5.95 Å². The lowest BCUT2D eigenvalue weighted by Gasteiger charge is -2.28. The van der Waals surface area contributed by atoms with Gasteiger partial charge in [-0.3, -0.25) is 4.79 Å². The first-order valence-corrected chi connectivity index (χ1v) is 10.6. The average Bonchev–Trinajstić information content (AvgIpc) is 3.02. The van der Waals surface area contributed by atoms with Crippen LogP contribution >= 0.6 is 0 Å². The summed E-state index contributed by atoms with van der Waals surface area (Å²) in [5, 5.41) is 23.2. The first-order chi connectivity index (χ1) is 14.4. The maximum atomic E-state index is 13.4. The fourth-order valence-corrected chi connectivity index (χ4v) is 3.71. The fraction of sp³-hybridized carbons (Fsp3) is 0.440. The molecule has 2 aromatic carbocycles. The minimum atomic E-state index is -0.310. The van der Waals surface area contributed by atoms with E-state index in [1.165, 1.54) is 0 Å². The van der Waals surface area contributed by atoms with E-state index < -0.39 is 0 Å². The van der Waals surface area contributed by atoms with Crippen LogP contribution in [0.5, 0.6) is 5.75 Å². The number of benzene rings is 2. The van der Waals surface area contributed by atoms with Crippen LogP contribution in [0.2, 0.25) is 0 Å². The number of ketones is 1. The second kappa shape index (κ2) is 8.35. The summed E-state index contributed by atoms with van der Waals surface area (Å²) in [4.78, 5) is 18.0. The van der Waals surface area contributed by atoms with Gasteiger partial charge in [0.25, 0.3) is 0 Å². The highest BCUT2D eigenvalue weighted by atomic mass is 16.3. The largest absolute Gasteiger partial charge is 0.507 e. The highest BCUT2D eigenvalue weighted by Gasteiger charge is 2.28. The number of rotatable bonds is 6. The molecule has 0 unspecified atom stereocenters. The van der Waals surface area contributed by atoms with Crippen LogP contribution in [0.3, 0.4) is 0 Å². The number of hydrogen-bond donors (Lipinski definition) is 3. The predicted molar refractivity (Wildman–Crippen MR) is 125 cm³/mol. The zero-order chi connectivity index (χ0) is 23.0. The first kappa shape index (κ1) is 22.8. The Morgan fingerprint density at radius 1 is 1.03 bits per heavy atom. The van der Waals surface area contributed by atoms with E-state index in [0.717, 1.165) is 22.2 Å². The van der Waals surface area contributed by atoms with Gasteiger partial charge in [-0.05, 0) is 35.1 Å². The number of fused-ring (bicyclic) bond motifs is 1. The summed E-state index contributed by atoms with van der Waals surface area (Å²) in [6.07, 6.45) is 0. The SMILES string of the molecule is CC(C)(C)c1cc(C(=O)Cn2c(NCCO)nc3ccccc32)cc(C(C)(C)C)c1O. The summed E-state index contributed by atoms with van der Waals surface area (Å²) in [7, 11) is 0. The first-order valence-electron chi connectivity index (χ1n) is 10.6. The van der Waals surface area contributed by atoms with E-state index >= 15 is 0 Å². The number of aromatic hydroxyl groups is 1. The van der Waals surface area contributed by atoms with E-state index in [1.54, 1.807) is 0 Å². The molecule has 3 aromatic rings. The zero-order valence-electron chi connectivity index (χ0n) is 19.3. The number of Topliss-reactive ketones (excluding diaryl/α,β-unsaturated/α-hetero) is 1. The monoisotopic (exact) mass is 423 g/mol. The lowest BCUT2D eigenvalue weighted by molar-refractivity contribution is 0.0973. The molecule has 1 aromatic heterocycles. The van der Waals surface area contributed by atoms with Crippen LogP contribution in [0, 0.1) is 0 Å². The second-order valence-corrected chi connectivity index (χ2v) is 10.0. The van der Waals surface area contributed by atoms with Gasteiger partial charge in [0.05, 0.1) is 24.2 Å².